The predicted molar refractivity (Wildman–Crippen MR) is 107 cm³/mol. The molecule has 0 atom stereocenters. The van der Waals surface area contributed by atoms with Gasteiger partial charge in [0.15, 0.2) is 11.5 Å². The number of anilines is 1. The van der Waals surface area contributed by atoms with Crippen LogP contribution >= 0.6 is 23.4 Å². The number of halogens is 1. The van der Waals surface area contributed by atoms with Gasteiger partial charge < -0.3 is 9.47 Å². The average molecular weight is 400 g/mol. The Bertz CT molecular complexity index is 980. The minimum atomic E-state index is -0.426. The van der Waals surface area contributed by atoms with E-state index >= 15 is 0 Å². The average Bonchev–Trinajstić information content (AvgIpc) is 2.94. The molecule has 0 aliphatic carbocycles. The molecule has 0 unspecified atom stereocenters. The first-order valence-electron chi connectivity index (χ1n) is 7.82. The molecule has 0 N–H and O–H groups in total. The van der Waals surface area contributed by atoms with E-state index in [4.69, 9.17) is 27.5 Å². The van der Waals surface area contributed by atoms with E-state index in [0.717, 1.165) is 16.7 Å². The van der Waals surface area contributed by atoms with E-state index in [2.05, 4.69) is 5.92 Å². The smallest absolute Gasteiger partial charge is 0.298 e. The number of rotatable bonds is 5. The number of thioether (sulfide) groups is 1. The van der Waals surface area contributed by atoms with Gasteiger partial charge in [-0.05, 0) is 47.7 Å². The van der Waals surface area contributed by atoms with E-state index in [1.807, 2.05) is 0 Å². The number of nitrogens with zero attached hydrogens (tertiary/aromatic N) is 1. The van der Waals surface area contributed by atoms with Gasteiger partial charge >= 0.3 is 0 Å². The van der Waals surface area contributed by atoms with Gasteiger partial charge in [-0.3, -0.25) is 9.59 Å². The first-order chi connectivity index (χ1) is 13.0. The molecule has 27 heavy (non-hydrogen) atoms. The molecule has 0 saturated carbocycles. The molecule has 5 nitrogen and oxygen atoms in total. The van der Waals surface area contributed by atoms with Gasteiger partial charge in [0.05, 0.1) is 22.7 Å². The van der Waals surface area contributed by atoms with Crippen molar-refractivity contribution in [2.45, 2.75) is 0 Å². The third kappa shape index (κ3) is 3.95. The van der Waals surface area contributed by atoms with Crippen LogP contribution < -0.4 is 14.4 Å². The maximum Gasteiger partial charge on any atom is 0.298 e. The summed E-state index contributed by atoms with van der Waals surface area (Å²) in [4.78, 5) is 26.4. The third-order valence-electron chi connectivity index (χ3n) is 3.68. The number of carbonyl (C=O) groups excluding carboxylic acids is 2. The Morgan fingerprint density at radius 2 is 2.00 bits per heavy atom. The van der Waals surface area contributed by atoms with Crippen LogP contribution in [-0.2, 0) is 4.79 Å². The van der Waals surface area contributed by atoms with Gasteiger partial charge in [0.2, 0.25) is 0 Å². The van der Waals surface area contributed by atoms with Crippen molar-refractivity contribution < 1.29 is 19.1 Å². The molecule has 1 heterocycles. The number of hydrogen-bond acceptors (Lipinski definition) is 5. The maximum atomic E-state index is 12.7. The molecule has 7 heteroatoms. The van der Waals surface area contributed by atoms with Gasteiger partial charge in [0, 0.05) is 0 Å². The molecule has 0 spiro atoms. The second-order valence-electron chi connectivity index (χ2n) is 5.37. The molecule has 1 aliphatic rings. The van der Waals surface area contributed by atoms with Crippen LogP contribution in [0.15, 0.2) is 47.4 Å². The Balaban J connectivity index is 1.90. The summed E-state index contributed by atoms with van der Waals surface area (Å²) >= 11 is 6.98. The highest BCUT2D eigenvalue weighted by atomic mass is 35.5. The minimum absolute atomic E-state index is 0.117. The summed E-state index contributed by atoms with van der Waals surface area (Å²) < 4.78 is 10.7. The fourth-order valence-corrected chi connectivity index (χ4v) is 3.53. The molecule has 2 amide bonds. The van der Waals surface area contributed by atoms with Crippen molar-refractivity contribution in [3.05, 3.63) is 58.0 Å². The number of hydrogen-bond donors (Lipinski definition) is 0. The van der Waals surface area contributed by atoms with Crippen LogP contribution in [0.2, 0.25) is 5.02 Å². The van der Waals surface area contributed by atoms with Gasteiger partial charge in [0.1, 0.15) is 6.61 Å². The highest BCUT2D eigenvalue weighted by molar-refractivity contribution is 8.19. The number of benzene rings is 2. The fourth-order valence-electron chi connectivity index (χ4n) is 2.47. The van der Waals surface area contributed by atoms with Gasteiger partial charge in [-0.1, -0.05) is 35.7 Å². The van der Waals surface area contributed by atoms with Crippen molar-refractivity contribution in [3.63, 3.8) is 0 Å². The summed E-state index contributed by atoms with van der Waals surface area (Å²) in [6.07, 6.45) is 6.82. The van der Waals surface area contributed by atoms with Gasteiger partial charge in [-0.15, -0.1) is 6.42 Å². The van der Waals surface area contributed by atoms with Crippen LogP contribution in [0.3, 0.4) is 0 Å². The van der Waals surface area contributed by atoms with Crippen LogP contribution in [-0.4, -0.2) is 24.9 Å². The summed E-state index contributed by atoms with van der Waals surface area (Å²) in [5.74, 6) is 2.93. The first kappa shape index (κ1) is 18.9. The second kappa shape index (κ2) is 8.21. The lowest BCUT2D eigenvalue weighted by Gasteiger charge is -2.13. The molecular formula is C20H14ClNO4S. The summed E-state index contributed by atoms with van der Waals surface area (Å²) in [7, 11) is 1.51. The van der Waals surface area contributed by atoms with E-state index in [1.54, 1.807) is 48.5 Å². The zero-order valence-corrected chi connectivity index (χ0v) is 15.8. The van der Waals surface area contributed by atoms with E-state index in [1.165, 1.54) is 7.11 Å². The number of terminal acetylenes is 1. The molecule has 0 bridgehead atoms. The van der Waals surface area contributed by atoms with Gasteiger partial charge in [-0.2, -0.15) is 0 Å². The quantitative estimate of drug-likeness (QED) is 0.543. The van der Waals surface area contributed by atoms with Crippen LogP contribution in [0.5, 0.6) is 11.5 Å². The first-order valence-corrected chi connectivity index (χ1v) is 9.01. The van der Waals surface area contributed by atoms with E-state index < -0.39 is 11.1 Å². The number of para-hydroxylation sites is 1. The number of ether oxygens (including phenoxy) is 2. The molecule has 2 aromatic carbocycles. The zero-order chi connectivity index (χ0) is 19.4. The van der Waals surface area contributed by atoms with Crippen LogP contribution in [0.25, 0.3) is 6.08 Å². The molecule has 0 radical (unpaired) electrons. The van der Waals surface area contributed by atoms with Gasteiger partial charge in [0.25, 0.3) is 11.1 Å². The molecule has 136 valence electrons. The SMILES string of the molecule is C#CCOc1ccc(/C=C2\SC(=O)N(c3ccccc3Cl)C2=O)cc1OC. The summed E-state index contributed by atoms with van der Waals surface area (Å²) in [5, 5.41) is -0.0713. The van der Waals surface area contributed by atoms with Crippen molar-refractivity contribution in [2.24, 2.45) is 0 Å². The lowest BCUT2D eigenvalue weighted by molar-refractivity contribution is -0.113. The number of methoxy groups -OCH3 is 1. The number of amides is 2. The Hall–Kier alpha value is -2.88. The number of carbonyl (C=O) groups is 2. The zero-order valence-electron chi connectivity index (χ0n) is 14.3. The molecule has 1 saturated heterocycles. The van der Waals surface area contributed by atoms with Crippen molar-refractivity contribution in [3.8, 4) is 23.8 Å². The Morgan fingerprint density at radius 3 is 2.70 bits per heavy atom. The van der Waals surface area contributed by atoms with Gasteiger partial charge in [-0.25, -0.2) is 4.90 Å². The topological polar surface area (TPSA) is 55.8 Å². The monoisotopic (exact) mass is 399 g/mol. The van der Waals surface area contributed by atoms with Crippen molar-refractivity contribution >= 4 is 46.3 Å². The Labute approximate surface area is 165 Å². The van der Waals surface area contributed by atoms with E-state index in [-0.39, 0.29) is 6.61 Å². The minimum Gasteiger partial charge on any atom is -0.493 e. The number of imide groups is 1. The lowest BCUT2D eigenvalue weighted by atomic mass is 10.2. The molecule has 0 aromatic heterocycles. The molecular weight excluding hydrogens is 386 g/mol. The highest BCUT2D eigenvalue weighted by Crippen LogP contribution is 2.39. The van der Waals surface area contributed by atoms with E-state index in [9.17, 15) is 9.59 Å². The molecule has 1 aliphatic heterocycles. The van der Waals surface area contributed by atoms with Crippen molar-refractivity contribution in [1.29, 1.82) is 0 Å². The predicted octanol–water partition coefficient (Wildman–Crippen LogP) is 4.60. The van der Waals surface area contributed by atoms with Crippen molar-refractivity contribution in [2.75, 3.05) is 18.6 Å². The fraction of sp³-hybridized carbons (Fsp3) is 0.100. The molecule has 1 fully saturated rings. The van der Waals surface area contributed by atoms with Crippen LogP contribution in [0.1, 0.15) is 5.56 Å². The Kier molecular flexibility index (Phi) is 5.75. The third-order valence-corrected chi connectivity index (χ3v) is 4.87. The highest BCUT2D eigenvalue weighted by Gasteiger charge is 2.37. The normalized spacial score (nSPS) is 15.1. The summed E-state index contributed by atoms with van der Waals surface area (Å²) in [6.45, 7) is 0.117. The second-order valence-corrected chi connectivity index (χ2v) is 6.77. The Morgan fingerprint density at radius 1 is 1.22 bits per heavy atom. The summed E-state index contributed by atoms with van der Waals surface area (Å²) in [6, 6.07) is 11.9. The standard InChI is InChI=1S/C20H14ClNO4S/c1-3-10-26-16-9-8-13(11-17(16)25-2)12-18-19(23)22(20(24)27-18)15-7-5-4-6-14(15)21/h1,4-9,11-12H,10H2,2H3/b18-12-. The lowest BCUT2D eigenvalue weighted by Crippen LogP contribution is -2.27. The largest absolute Gasteiger partial charge is 0.493 e. The van der Waals surface area contributed by atoms with Crippen LogP contribution in [0.4, 0.5) is 10.5 Å². The van der Waals surface area contributed by atoms with E-state index in [0.29, 0.717) is 32.7 Å². The molecule has 2 aromatic rings. The maximum absolute atomic E-state index is 12.7. The molecule has 3 rings (SSSR count). The summed E-state index contributed by atoms with van der Waals surface area (Å²) in [5.41, 5.74) is 1.05. The van der Waals surface area contributed by atoms with Crippen molar-refractivity contribution in [1.82, 2.24) is 0 Å². The van der Waals surface area contributed by atoms with Crippen LogP contribution in [0, 0.1) is 12.3 Å².